The Balaban J connectivity index is 1.37. The Hall–Kier alpha value is -3.75. The smallest absolute Gasteiger partial charge is 0.309 e. The molecule has 5 rings (SSSR count). The van der Waals surface area contributed by atoms with Gasteiger partial charge in [0.2, 0.25) is 0 Å². The minimum absolute atomic E-state index is 0.0415. The number of phenolic OH excluding ortho intramolecular Hbond substituents is 1. The Morgan fingerprint density at radius 1 is 0.930 bits per heavy atom. The third-order valence-electron chi connectivity index (χ3n) is 8.81. The predicted octanol–water partition coefficient (Wildman–Crippen LogP) is 5.63. The summed E-state index contributed by atoms with van der Waals surface area (Å²) in [5.74, 6) is -0.401. The molecule has 3 atom stereocenters. The van der Waals surface area contributed by atoms with Crippen LogP contribution in [0.1, 0.15) is 66.7 Å². The van der Waals surface area contributed by atoms with Crippen LogP contribution in [0.5, 0.6) is 5.75 Å². The largest absolute Gasteiger partial charge is 0.508 e. The lowest BCUT2D eigenvalue weighted by Crippen LogP contribution is -2.56. The SMILES string of the molecule is CCOC(=O)C1CCN(C(=O)c2cccc(C(c3cccc(O)c3)N3C[C@@H](C)N(Cc4cccc(F)c4)C[C@H]3C)c2)CC1. The third kappa shape index (κ3) is 7.25. The molecular formula is C35H42FN3O4. The summed E-state index contributed by atoms with van der Waals surface area (Å²) in [5.41, 5.74) is 3.50. The van der Waals surface area contributed by atoms with E-state index in [1.165, 1.54) is 6.07 Å². The number of piperazine rings is 1. The van der Waals surface area contributed by atoms with Crippen molar-refractivity contribution in [3.05, 3.63) is 101 Å². The average Bonchev–Trinajstić information content (AvgIpc) is 3.00. The number of carbonyl (C=O) groups excluding carboxylic acids is 2. The van der Waals surface area contributed by atoms with Crippen LogP contribution in [-0.4, -0.2) is 76.6 Å². The summed E-state index contributed by atoms with van der Waals surface area (Å²) in [5, 5.41) is 10.4. The van der Waals surface area contributed by atoms with Crippen molar-refractivity contribution in [2.24, 2.45) is 5.92 Å². The second-order valence-corrected chi connectivity index (χ2v) is 11.9. The molecule has 0 radical (unpaired) electrons. The van der Waals surface area contributed by atoms with Gasteiger partial charge >= 0.3 is 5.97 Å². The van der Waals surface area contributed by atoms with Crippen LogP contribution in [0.3, 0.4) is 0 Å². The molecule has 2 aliphatic rings. The molecule has 3 aromatic carbocycles. The normalized spacial score (nSPS) is 21.0. The Kier molecular flexibility index (Phi) is 9.78. The summed E-state index contributed by atoms with van der Waals surface area (Å²) >= 11 is 0. The molecule has 2 aliphatic heterocycles. The number of hydrogen-bond acceptors (Lipinski definition) is 6. The van der Waals surface area contributed by atoms with Gasteiger partial charge in [-0.15, -0.1) is 0 Å². The zero-order valence-corrected chi connectivity index (χ0v) is 25.3. The minimum Gasteiger partial charge on any atom is -0.508 e. The molecule has 0 bridgehead atoms. The maximum Gasteiger partial charge on any atom is 0.309 e. The first-order valence-electron chi connectivity index (χ1n) is 15.3. The maximum atomic E-state index is 13.9. The van der Waals surface area contributed by atoms with Gasteiger partial charge in [-0.1, -0.05) is 36.4 Å². The number of likely N-dealkylation sites (tertiary alicyclic amines) is 1. The molecule has 2 heterocycles. The molecule has 8 heteroatoms. The number of amides is 1. The van der Waals surface area contributed by atoms with Crippen molar-refractivity contribution in [3.8, 4) is 5.75 Å². The monoisotopic (exact) mass is 587 g/mol. The van der Waals surface area contributed by atoms with Crippen LogP contribution in [0, 0.1) is 11.7 Å². The summed E-state index contributed by atoms with van der Waals surface area (Å²) in [6.45, 7) is 9.82. The number of piperidine rings is 1. The highest BCUT2D eigenvalue weighted by Gasteiger charge is 2.35. The van der Waals surface area contributed by atoms with Gasteiger partial charge in [-0.25, -0.2) is 4.39 Å². The van der Waals surface area contributed by atoms with Crippen molar-refractivity contribution in [1.82, 2.24) is 14.7 Å². The summed E-state index contributed by atoms with van der Waals surface area (Å²) in [4.78, 5) is 32.5. The Morgan fingerprint density at radius 2 is 1.63 bits per heavy atom. The van der Waals surface area contributed by atoms with Gasteiger partial charge in [0.15, 0.2) is 0 Å². The number of aromatic hydroxyl groups is 1. The second-order valence-electron chi connectivity index (χ2n) is 11.9. The van der Waals surface area contributed by atoms with Crippen molar-refractivity contribution < 1.29 is 23.8 Å². The number of esters is 1. The molecule has 0 aliphatic carbocycles. The minimum atomic E-state index is -0.224. The van der Waals surface area contributed by atoms with Crippen molar-refractivity contribution in [1.29, 1.82) is 0 Å². The Morgan fingerprint density at radius 3 is 2.33 bits per heavy atom. The van der Waals surface area contributed by atoms with Gasteiger partial charge in [-0.2, -0.15) is 0 Å². The van der Waals surface area contributed by atoms with Crippen molar-refractivity contribution in [3.63, 3.8) is 0 Å². The van der Waals surface area contributed by atoms with Crippen LogP contribution in [0.2, 0.25) is 0 Å². The number of carbonyl (C=O) groups is 2. The highest BCUT2D eigenvalue weighted by molar-refractivity contribution is 5.94. The molecule has 228 valence electrons. The number of nitrogens with zero attached hydrogens (tertiary/aromatic N) is 3. The fourth-order valence-electron chi connectivity index (χ4n) is 6.55. The average molecular weight is 588 g/mol. The van der Waals surface area contributed by atoms with Crippen molar-refractivity contribution >= 4 is 11.9 Å². The summed E-state index contributed by atoms with van der Waals surface area (Å²) < 4.78 is 19.1. The fraction of sp³-hybridized carbons (Fsp3) is 0.429. The lowest BCUT2D eigenvalue weighted by atomic mass is 9.91. The van der Waals surface area contributed by atoms with E-state index in [4.69, 9.17) is 4.74 Å². The van der Waals surface area contributed by atoms with Crippen LogP contribution >= 0.6 is 0 Å². The van der Waals surface area contributed by atoms with Crippen molar-refractivity contribution in [2.45, 2.75) is 58.3 Å². The lowest BCUT2D eigenvalue weighted by molar-refractivity contribution is -0.149. The van der Waals surface area contributed by atoms with Crippen molar-refractivity contribution in [2.75, 3.05) is 32.8 Å². The van der Waals surface area contributed by atoms with Crippen LogP contribution in [0.15, 0.2) is 72.8 Å². The van der Waals surface area contributed by atoms with E-state index in [1.54, 1.807) is 24.3 Å². The number of ether oxygens (including phenoxy) is 1. The van der Waals surface area contributed by atoms with Crippen LogP contribution in [-0.2, 0) is 16.1 Å². The third-order valence-corrected chi connectivity index (χ3v) is 8.81. The molecule has 0 spiro atoms. The van der Waals surface area contributed by atoms with E-state index in [0.29, 0.717) is 44.6 Å². The number of halogens is 1. The maximum absolute atomic E-state index is 13.9. The summed E-state index contributed by atoms with van der Waals surface area (Å²) in [7, 11) is 0. The highest BCUT2D eigenvalue weighted by atomic mass is 19.1. The second kappa shape index (κ2) is 13.7. The molecule has 2 saturated heterocycles. The molecule has 1 N–H and O–H groups in total. The first-order valence-corrected chi connectivity index (χ1v) is 15.3. The molecule has 1 amide bonds. The molecule has 0 saturated carbocycles. The van der Waals surface area contributed by atoms with E-state index < -0.39 is 0 Å². The molecule has 0 aromatic heterocycles. The lowest BCUT2D eigenvalue weighted by Gasteiger charge is -2.47. The number of hydrogen-bond donors (Lipinski definition) is 1. The van der Waals surface area contributed by atoms with E-state index in [-0.39, 0.29) is 47.5 Å². The first kappa shape index (κ1) is 30.7. The molecule has 2 fully saturated rings. The Labute approximate surface area is 253 Å². The van der Waals surface area contributed by atoms with E-state index >= 15 is 0 Å². The molecule has 7 nitrogen and oxygen atoms in total. The van der Waals surface area contributed by atoms with Gasteiger partial charge in [0.1, 0.15) is 11.6 Å². The van der Waals surface area contributed by atoms with E-state index in [2.05, 4.69) is 29.7 Å². The quantitative estimate of drug-likeness (QED) is 0.345. The number of benzene rings is 3. The molecule has 43 heavy (non-hydrogen) atoms. The molecular weight excluding hydrogens is 545 g/mol. The molecule has 3 aromatic rings. The number of phenols is 1. The van der Waals surface area contributed by atoms with Gasteiger partial charge in [-0.3, -0.25) is 19.4 Å². The highest BCUT2D eigenvalue weighted by Crippen LogP contribution is 2.35. The summed E-state index contributed by atoms with van der Waals surface area (Å²) in [6.07, 6.45) is 1.21. The van der Waals surface area contributed by atoms with Gasteiger partial charge in [0, 0.05) is 50.4 Å². The van der Waals surface area contributed by atoms with Crippen LogP contribution in [0.4, 0.5) is 4.39 Å². The van der Waals surface area contributed by atoms with E-state index in [1.807, 2.05) is 48.2 Å². The zero-order valence-electron chi connectivity index (χ0n) is 25.3. The van der Waals surface area contributed by atoms with Gasteiger partial charge in [-0.05, 0) is 86.7 Å². The predicted molar refractivity (Wildman–Crippen MR) is 164 cm³/mol. The van der Waals surface area contributed by atoms with Gasteiger partial charge in [0.25, 0.3) is 5.91 Å². The van der Waals surface area contributed by atoms with Gasteiger partial charge < -0.3 is 14.7 Å². The van der Waals surface area contributed by atoms with E-state index in [0.717, 1.165) is 29.8 Å². The standard InChI is InChI=1S/C35H42FN3O4/c1-4-43-35(42)27-14-16-37(17-15-27)34(41)30-11-6-9-28(19-30)33(29-10-7-13-32(40)20-29)39-22-24(2)38(21-25(39)3)23-26-8-5-12-31(36)18-26/h5-13,18-20,24-25,27,33,40H,4,14-17,21-23H2,1-3H3/t24-,25-,33?/m1/s1. The summed E-state index contributed by atoms with van der Waals surface area (Å²) in [6, 6.07) is 22.1. The Bertz CT molecular complexity index is 1420. The number of rotatable bonds is 8. The van der Waals surface area contributed by atoms with E-state index in [9.17, 15) is 19.1 Å². The first-order chi connectivity index (χ1) is 20.7. The fourth-order valence-corrected chi connectivity index (χ4v) is 6.55. The van der Waals surface area contributed by atoms with Crippen LogP contribution in [0.25, 0.3) is 0 Å². The van der Waals surface area contributed by atoms with Gasteiger partial charge in [0.05, 0.1) is 18.6 Å². The van der Waals surface area contributed by atoms with Crippen LogP contribution < -0.4 is 0 Å². The topological polar surface area (TPSA) is 73.3 Å². The zero-order chi connectivity index (χ0) is 30.5. The molecule has 1 unspecified atom stereocenters.